The molecule has 0 spiro atoms. The van der Waals surface area contributed by atoms with Gasteiger partial charge in [-0.15, -0.1) is 10.2 Å². The zero-order chi connectivity index (χ0) is 24.5. The number of fused-ring (bicyclic) bond motifs is 2. The van der Waals surface area contributed by atoms with Gasteiger partial charge in [-0.3, -0.25) is 0 Å². The number of hydrogen-bond acceptors (Lipinski definition) is 8. The molecular weight excluding hydrogens is 456 g/mol. The molecule has 4 N–H and O–H groups in total. The van der Waals surface area contributed by atoms with Crippen LogP contribution in [0.4, 0.5) is 11.4 Å². The molecule has 2 atom stereocenters. The molecular formula is C26H22N8O2. The maximum absolute atomic E-state index is 9.80. The molecule has 0 fully saturated rings. The predicted octanol–water partition coefficient (Wildman–Crippen LogP) is 4.51. The summed E-state index contributed by atoms with van der Waals surface area (Å²) in [6.45, 7) is 0. The molecule has 178 valence electrons. The van der Waals surface area contributed by atoms with Crippen LogP contribution in [0.1, 0.15) is 12.3 Å². The molecule has 2 aromatic heterocycles. The van der Waals surface area contributed by atoms with E-state index >= 15 is 0 Å². The molecule has 10 heteroatoms. The van der Waals surface area contributed by atoms with Crippen molar-refractivity contribution in [2.45, 2.75) is 12.3 Å². The largest absolute Gasteiger partial charge is 0.508 e. The quantitative estimate of drug-likeness (QED) is 0.247. The minimum absolute atomic E-state index is 0.171. The number of phenols is 2. The van der Waals surface area contributed by atoms with Gasteiger partial charge in [0.1, 0.15) is 22.5 Å². The molecule has 0 saturated heterocycles. The molecule has 0 radical (unpaired) electrons. The fourth-order valence-electron chi connectivity index (χ4n) is 4.19. The average Bonchev–Trinajstić information content (AvgIpc) is 3.53. The van der Waals surface area contributed by atoms with E-state index in [0.717, 1.165) is 33.4 Å². The van der Waals surface area contributed by atoms with Gasteiger partial charge in [0.05, 0.1) is 11.0 Å². The van der Waals surface area contributed by atoms with Gasteiger partial charge >= 0.3 is 0 Å². The molecule has 0 amide bonds. The second-order valence-electron chi connectivity index (χ2n) is 8.32. The maximum Gasteiger partial charge on any atom is 0.164 e. The summed E-state index contributed by atoms with van der Waals surface area (Å²) in [6, 6.07) is 29.1. The van der Waals surface area contributed by atoms with E-state index in [4.69, 9.17) is 0 Å². The summed E-state index contributed by atoms with van der Waals surface area (Å²) in [6.07, 6.45) is -1.08. The van der Waals surface area contributed by atoms with Crippen LogP contribution in [0.15, 0.2) is 97.1 Å². The molecule has 0 aliphatic rings. The molecule has 36 heavy (non-hydrogen) atoms. The Kier molecular flexibility index (Phi) is 5.30. The van der Waals surface area contributed by atoms with E-state index in [-0.39, 0.29) is 11.5 Å². The highest BCUT2D eigenvalue weighted by atomic mass is 16.3. The summed E-state index contributed by atoms with van der Waals surface area (Å²) in [5, 5.41) is 44.4. The fraction of sp³-hybridized carbons (Fsp3) is 0.0769. The third kappa shape index (κ3) is 4.00. The Morgan fingerprint density at radius 1 is 0.528 bits per heavy atom. The molecule has 0 aliphatic heterocycles. The van der Waals surface area contributed by atoms with Crippen LogP contribution in [0, 0.1) is 0 Å². The highest BCUT2D eigenvalue weighted by Crippen LogP contribution is 2.32. The zero-order valence-electron chi connectivity index (χ0n) is 19.0. The second-order valence-corrected chi connectivity index (χ2v) is 8.32. The third-order valence-electron chi connectivity index (χ3n) is 5.94. The van der Waals surface area contributed by atoms with Crippen molar-refractivity contribution in [3.63, 3.8) is 0 Å². The lowest BCUT2D eigenvalue weighted by Gasteiger charge is -2.31. The number of aromatic hydroxyl groups is 2. The van der Waals surface area contributed by atoms with Gasteiger partial charge in [-0.05, 0) is 72.8 Å². The number of nitrogens with one attached hydrogen (secondary N) is 2. The van der Waals surface area contributed by atoms with Crippen LogP contribution in [-0.4, -0.2) is 40.2 Å². The number of hydrogen-bond donors (Lipinski definition) is 4. The number of phenolic OH excluding ortho intramolecular Hbond substituents is 2. The van der Waals surface area contributed by atoms with Gasteiger partial charge in [-0.25, -0.2) is 9.36 Å². The van der Waals surface area contributed by atoms with Crippen LogP contribution in [-0.2, 0) is 0 Å². The standard InChI is InChI=1S/C26H22N8O2/c35-19-13-9-17(10-14-19)27-25(33-23-7-3-1-5-21(23)29-31-33)26(28-18-11-15-20(36)16-12-18)34-24-8-4-2-6-22(24)30-32-34/h1-16,25-28,35-36H/t25-,26-/m0/s1. The van der Waals surface area contributed by atoms with Gasteiger partial charge in [-0.1, -0.05) is 34.7 Å². The van der Waals surface area contributed by atoms with Gasteiger partial charge in [0.15, 0.2) is 12.3 Å². The normalized spacial score (nSPS) is 13.0. The topological polar surface area (TPSA) is 126 Å². The highest BCUT2D eigenvalue weighted by molar-refractivity contribution is 5.75. The van der Waals surface area contributed by atoms with Crippen molar-refractivity contribution in [3.8, 4) is 11.5 Å². The van der Waals surface area contributed by atoms with E-state index in [9.17, 15) is 10.2 Å². The van der Waals surface area contributed by atoms with E-state index in [1.54, 1.807) is 57.9 Å². The number of rotatable bonds is 7. The van der Waals surface area contributed by atoms with Crippen LogP contribution in [0.25, 0.3) is 22.1 Å². The smallest absolute Gasteiger partial charge is 0.164 e. The molecule has 0 unspecified atom stereocenters. The van der Waals surface area contributed by atoms with Crippen molar-refractivity contribution < 1.29 is 10.2 Å². The monoisotopic (exact) mass is 478 g/mol. The van der Waals surface area contributed by atoms with Crippen molar-refractivity contribution in [3.05, 3.63) is 97.1 Å². The first-order chi connectivity index (χ1) is 17.7. The Hall–Kier alpha value is -5.12. The molecule has 0 bridgehead atoms. The number of benzene rings is 4. The lowest BCUT2D eigenvalue weighted by atomic mass is 10.2. The molecule has 2 heterocycles. The molecule has 0 aliphatic carbocycles. The van der Waals surface area contributed by atoms with E-state index in [0.29, 0.717) is 0 Å². The van der Waals surface area contributed by atoms with E-state index in [2.05, 4.69) is 31.3 Å². The summed E-state index contributed by atoms with van der Waals surface area (Å²) < 4.78 is 3.60. The first kappa shape index (κ1) is 21.4. The molecule has 0 saturated carbocycles. The van der Waals surface area contributed by atoms with Crippen molar-refractivity contribution in [1.29, 1.82) is 0 Å². The summed E-state index contributed by atoms with van der Waals surface area (Å²) in [5.41, 5.74) is 4.69. The van der Waals surface area contributed by atoms with Gasteiger partial charge in [0.2, 0.25) is 0 Å². The minimum Gasteiger partial charge on any atom is -0.508 e. The van der Waals surface area contributed by atoms with Gasteiger partial charge in [-0.2, -0.15) is 0 Å². The fourth-order valence-corrected chi connectivity index (χ4v) is 4.19. The van der Waals surface area contributed by atoms with Crippen LogP contribution in [0.3, 0.4) is 0 Å². The maximum atomic E-state index is 9.80. The minimum atomic E-state index is -0.541. The average molecular weight is 479 g/mol. The Balaban J connectivity index is 1.53. The highest BCUT2D eigenvalue weighted by Gasteiger charge is 2.30. The predicted molar refractivity (Wildman–Crippen MR) is 137 cm³/mol. The van der Waals surface area contributed by atoms with Crippen LogP contribution >= 0.6 is 0 Å². The SMILES string of the molecule is Oc1ccc(N[C@H]([C@@H](Nc2ccc(O)cc2)n2nnc3ccccc32)n2nnc3ccccc32)cc1. The van der Waals surface area contributed by atoms with Crippen molar-refractivity contribution in [2.24, 2.45) is 0 Å². The number of aromatic nitrogens is 6. The first-order valence-electron chi connectivity index (χ1n) is 11.4. The number of para-hydroxylation sites is 2. The van der Waals surface area contributed by atoms with Crippen molar-refractivity contribution >= 4 is 33.4 Å². The Bertz CT molecular complexity index is 1500. The number of anilines is 2. The third-order valence-corrected chi connectivity index (χ3v) is 5.94. The summed E-state index contributed by atoms with van der Waals surface area (Å²) in [4.78, 5) is 0. The zero-order valence-corrected chi connectivity index (χ0v) is 19.0. The van der Waals surface area contributed by atoms with Gasteiger partial charge in [0, 0.05) is 11.4 Å². The van der Waals surface area contributed by atoms with E-state index in [1.807, 2.05) is 48.5 Å². The Labute approximate surface area is 205 Å². The molecule has 6 rings (SSSR count). The van der Waals surface area contributed by atoms with Crippen LogP contribution in [0.5, 0.6) is 11.5 Å². The van der Waals surface area contributed by atoms with Crippen molar-refractivity contribution in [2.75, 3.05) is 10.6 Å². The van der Waals surface area contributed by atoms with Crippen LogP contribution < -0.4 is 10.6 Å². The Morgan fingerprint density at radius 2 is 0.917 bits per heavy atom. The number of nitrogens with zero attached hydrogens (tertiary/aromatic N) is 6. The van der Waals surface area contributed by atoms with E-state index < -0.39 is 12.3 Å². The van der Waals surface area contributed by atoms with Crippen LogP contribution in [0.2, 0.25) is 0 Å². The lowest BCUT2D eigenvalue weighted by molar-refractivity contribution is 0.347. The summed E-state index contributed by atoms with van der Waals surface area (Å²) >= 11 is 0. The van der Waals surface area contributed by atoms with Gasteiger partial charge < -0.3 is 20.8 Å². The Morgan fingerprint density at radius 3 is 1.33 bits per heavy atom. The second kappa shape index (κ2) is 8.91. The first-order valence-corrected chi connectivity index (χ1v) is 11.4. The van der Waals surface area contributed by atoms with Gasteiger partial charge in [0.25, 0.3) is 0 Å². The van der Waals surface area contributed by atoms with E-state index in [1.165, 1.54) is 0 Å². The molecule has 6 aromatic rings. The summed E-state index contributed by atoms with van der Waals surface area (Å²) in [5.74, 6) is 0.341. The summed E-state index contributed by atoms with van der Waals surface area (Å²) in [7, 11) is 0. The molecule has 4 aromatic carbocycles. The van der Waals surface area contributed by atoms with Crippen molar-refractivity contribution in [1.82, 2.24) is 30.0 Å². The lowest BCUT2D eigenvalue weighted by Crippen LogP contribution is -2.35. The molecule has 10 nitrogen and oxygen atoms in total.